The monoisotopic (exact) mass is 336 g/mol. The molecule has 0 aliphatic carbocycles. The Morgan fingerprint density at radius 1 is 1.36 bits per heavy atom. The lowest BCUT2D eigenvalue weighted by molar-refractivity contribution is -0.141. The number of amides is 1. The van der Waals surface area contributed by atoms with Crippen LogP contribution in [0.25, 0.3) is 10.6 Å². The molecular weight excluding hydrogens is 324 g/mol. The van der Waals surface area contributed by atoms with Crippen LogP contribution < -0.4 is 0 Å². The van der Waals surface area contributed by atoms with E-state index in [4.69, 9.17) is 16.7 Å². The molecule has 114 valence electrons. The van der Waals surface area contributed by atoms with Crippen molar-refractivity contribution < 1.29 is 14.7 Å². The van der Waals surface area contributed by atoms with Gasteiger partial charge in [-0.3, -0.25) is 4.79 Å². The van der Waals surface area contributed by atoms with Crippen LogP contribution in [0.1, 0.15) is 23.3 Å². The lowest BCUT2D eigenvalue weighted by Gasteiger charge is -2.20. The lowest BCUT2D eigenvalue weighted by atomic mass is 10.2. The summed E-state index contributed by atoms with van der Waals surface area (Å²) in [6.07, 6.45) is 1.19. The summed E-state index contributed by atoms with van der Waals surface area (Å²) in [5, 5.41) is 12.0. The average Bonchev–Trinajstić information content (AvgIpc) is 3.16. The number of carboxylic acids is 1. The predicted molar refractivity (Wildman–Crippen MR) is 84.3 cm³/mol. The van der Waals surface area contributed by atoms with E-state index in [1.165, 1.54) is 16.2 Å². The highest BCUT2D eigenvalue weighted by Crippen LogP contribution is 2.31. The third-order valence-corrected chi connectivity index (χ3v) is 4.83. The first kappa shape index (κ1) is 15.0. The highest BCUT2D eigenvalue weighted by atomic mass is 35.5. The summed E-state index contributed by atoms with van der Waals surface area (Å²) in [4.78, 5) is 29.4. The first-order valence-corrected chi connectivity index (χ1v) is 8.08. The fourth-order valence-corrected chi connectivity index (χ4v) is 3.66. The Labute approximate surface area is 136 Å². The highest BCUT2D eigenvalue weighted by Gasteiger charge is 2.35. The highest BCUT2D eigenvalue weighted by molar-refractivity contribution is 7.13. The van der Waals surface area contributed by atoms with Crippen LogP contribution in [0.3, 0.4) is 0 Å². The van der Waals surface area contributed by atoms with Crippen LogP contribution in [-0.4, -0.2) is 39.5 Å². The minimum atomic E-state index is -0.965. The van der Waals surface area contributed by atoms with Gasteiger partial charge in [-0.2, -0.15) is 0 Å². The number of hydrogen-bond donors (Lipinski definition) is 1. The van der Waals surface area contributed by atoms with E-state index in [-0.39, 0.29) is 11.6 Å². The average molecular weight is 337 g/mol. The number of thiazole rings is 1. The Morgan fingerprint density at radius 3 is 2.86 bits per heavy atom. The molecule has 0 saturated carbocycles. The van der Waals surface area contributed by atoms with Gasteiger partial charge in [0.25, 0.3) is 5.91 Å². The molecule has 1 fully saturated rings. The van der Waals surface area contributed by atoms with E-state index in [0.29, 0.717) is 29.4 Å². The van der Waals surface area contributed by atoms with Crippen molar-refractivity contribution in [1.82, 2.24) is 9.88 Å². The van der Waals surface area contributed by atoms with Gasteiger partial charge in [0.2, 0.25) is 0 Å². The molecule has 1 aliphatic rings. The number of benzene rings is 1. The smallest absolute Gasteiger partial charge is 0.326 e. The third-order valence-electron chi connectivity index (χ3n) is 3.63. The van der Waals surface area contributed by atoms with Gasteiger partial charge >= 0.3 is 5.97 Å². The predicted octanol–water partition coefficient (Wildman–Crippen LogP) is 3.15. The van der Waals surface area contributed by atoms with Gasteiger partial charge in [0.15, 0.2) is 0 Å². The second kappa shape index (κ2) is 6.06. The maximum atomic E-state index is 12.5. The lowest BCUT2D eigenvalue weighted by Crippen LogP contribution is -2.40. The van der Waals surface area contributed by atoms with Crippen LogP contribution >= 0.6 is 22.9 Å². The molecule has 1 atom stereocenters. The molecule has 2 heterocycles. The second-order valence-electron chi connectivity index (χ2n) is 5.01. The van der Waals surface area contributed by atoms with Crippen LogP contribution in [0.2, 0.25) is 5.02 Å². The minimum Gasteiger partial charge on any atom is -0.480 e. The van der Waals surface area contributed by atoms with Crippen molar-refractivity contribution in [2.75, 3.05) is 6.54 Å². The van der Waals surface area contributed by atoms with Gasteiger partial charge in [-0.05, 0) is 18.9 Å². The number of hydrogen-bond acceptors (Lipinski definition) is 4. The summed E-state index contributed by atoms with van der Waals surface area (Å²) in [7, 11) is 0. The molecule has 1 aromatic carbocycles. The molecule has 3 rings (SSSR count). The quantitative estimate of drug-likeness (QED) is 0.934. The van der Waals surface area contributed by atoms with Gasteiger partial charge in [0, 0.05) is 17.5 Å². The third kappa shape index (κ3) is 2.71. The van der Waals surface area contributed by atoms with E-state index in [2.05, 4.69) is 4.98 Å². The molecule has 22 heavy (non-hydrogen) atoms. The SMILES string of the molecule is O=C(O)[C@H]1CCCN1C(=O)c1csc(-c2ccccc2Cl)n1. The topological polar surface area (TPSA) is 70.5 Å². The molecule has 0 spiro atoms. The van der Waals surface area contributed by atoms with E-state index >= 15 is 0 Å². The Hall–Kier alpha value is -1.92. The van der Waals surface area contributed by atoms with Gasteiger partial charge < -0.3 is 10.0 Å². The summed E-state index contributed by atoms with van der Waals surface area (Å²) >= 11 is 7.46. The standard InChI is InChI=1S/C15H13ClN2O3S/c16-10-5-2-1-4-9(10)13-17-11(8-22-13)14(19)18-7-3-6-12(18)15(20)21/h1-2,4-5,8,12H,3,6-7H2,(H,20,21)/t12-/m1/s1. The number of aromatic nitrogens is 1. The van der Waals surface area contributed by atoms with E-state index < -0.39 is 12.0 Å². The zero-order valence-electron chi connectivity index (χ0n) is 11.5. The van der Waals surface area contributed by atoms with E-state index in [1.807, 2.05) is 18.2 Å². The van der Waals surface area contributed by atoms with Gasteiger partial charge in [-0.1, -0.05) is 29.8 Å². The van der Waals surface area contributed by atoms with Crippen LogP contribution in [0.4, 0.5) is 0 Å². The summed E-state index contributed by atoms with van der Waals surface area (Å²) in [6, 6.07) is 6.53. The van der Waals surface area contributed by atoms with Crippen molar-refractivity contribution in [2.45, 2.75) is 18.9 Å². The minimum absolute atomic E-state index is 0.271. The number of carbonyl (C=O) groups excluding carboxylic acids is 1. The molecule has 5 nitrogen and oxygen atoms in total. The molecule has 7 heteroatoms. The number of carbonyl (C=O) groups is 2. The maximum Gasteiger partial charge on any atom is 0.326 e. The maximum absolute atomic E-state index is 12.5. The second-order valence-corrected chi connectivity index (χ2v) is 6.28. The fourth-order valence-electron chi connectivity index (χ4n) is 2.54. The van der Waals surface area contributed by atoms with Crippen LogP contribution in [-0.2, 0) is 4.79 Å². The van der Waals surface area contributed by atoms with Crippen molar-refractivity contribution in [3.05, 3.63) is 40.4 Å². The van der Waals surface area contributed by atoms with Crippen LogP contribution in [0.15, 0.2) is 29.6 Å². The zero-order valence-corrected chi connectivity index (χ0v) is 13.1. The van der Waals surface area contributed by atoms with Crippen LogP contribution in [0.5, 0.6) is 0 Å². The normalized spacial score (nSPS) is 17.7. The number of rotatable bonds is 3. The van der Waals surface area contributed by atoms with Crippen molar-refractivity contribution >= 4 is 34.8 Å². The zero-order chi connectivity index (χ0) is 15.7. The largest absolute Gasteiger partial charge is 0.480 e. The molecular formula is C15H13ClN2O3S. The van der Waals surface area contributed by atoms with Gasteiger partial charge in [0.05, 0.1) is 5.02 Å². The summed E-state index contributed by atoms with van der Waals surface area (Å²) in [5.41, 5.74) is 1.04. The van der Waals surface area contributed by atoms with Crippen LogP contribution in [0, 0.1) is 0 Å². The molecule has 1 N–H and O–H groups in total. The number of halogens is 1. The molecule has 1 aliphatic heterocycles. The first-order valence-electron chi connectivity index (χ1n) is 6.82. The number of aliphatic carboxylic acids is 1. The number of carboxylic acid groups (broad SMARTS) is 1. The Balaban J connectivity index is 1.86. The number of nitrogens with zero attached hydrogens (tertiary/aromatic N) is 2. The van der Waals surface area contributed by atoms with E-state index in [0.717, 1.165) is 5.56 Å². The van der Waals surface area contributed by atoms with E-state index in [1.54, 1.807) is 11.4 Å². The Kier molecular flexibility index (Phi) is 4.13. The Bertz CT molecular complexity index is 731. The molecule has 1 amide bonds. The van der Waals surface area contributed by atoms with Crippen molar-refractivity contribution in [3.8, 4) is 10.6 Å². The molecule has 1 aromatic heterocycles. The van der Waals surface area contributed by atoms with Gasteiger partial charge in [0.1, 0.15) is 16.7 Å². The van der Waals surface area contributed by atoms with Crippen molar-refractivity contribution in [2.24, 2.45) is 0 Å². The fraction of sp³-hybridized carbons (Fsp3) is 0.267. The van der Waals surface area contributed by atoms with Gasteiger partial charge in [-0.25, -0.2) is 9.78 Å². The van der Waals surface area contributed by atoms with Crippen molar-refractivity contribution in [3.63, 3.8) is 0 Å². The van der Waals surface area contributed by atoms with Gasteiger partial charge in [-0.15, -0.1) is 11.3 Å². The van der Waals surface area contributed by atoms with Crippen molar-refractivity contribution in [1.29, 1.82) is 0 Å². The molecule has 0 bridgehead atoms. The molecule has 1 saturated heterocycles. The molecule has 0 radical (unpaired) electrons. The number of likely N-dealkylation sites (tertiary alicyclic amines) is 1. The Morgan fingerprint density at radius 2 is 2.14 bits per heavy atom. The molecule has 0 unspecified atom stereocenters. The molecule has 2 aromatic rings. The summed E-state index contributed by atoms with van der Waals surface area (Å²) < 4.78 is 0. The first-order chi connectivity index (χ1) is 10.6. The summed E-state index contributed by atoms with van der Waals surface area (Å²) in [6.45, 7) is 0.453. The van der Waals surface area contributed by atoms with E-state index in [9.17, 15) is 9.59 Å². The summed E-state index contributed by atoms with van der Waals surface area (Å²) in [5.74, 6) is -1.30.